The number of halogens is 1. The van der Waals surface area contributed by atoms with E-state index in [0.29, 0.717) is 48.5 Å². The third kappa shape index (κ3) is 5.24. The van der Waals surface area contributed by atoms with Crippen molar-refractivity contribution in [3.63, 3.8) is 0 Å². The van der Waals surface area contributed by atoms with Crippen LogP contribution in [0.2, 0.25) is 0 Å². The van der Waals surface area contributed by atoms with Crippen LogP contribution in [-0.4, -0.2) is 54.4 Å². The molecule has 212 valence electrons. The van der Waals surface area contributed by atoms with Crippen LogP contribution in [0.15, 0.2) is 42.6 Å². The van der Waals surface area contributed by atoms with Crippen LogP contribution < -0.4 is 10.2 Å². The fourth-order valence-electron chi connectivity index (χ4n) is 6.37. The summed E-state index contributed by atoms with van der Waals surface area (Å²) in [5.41, 5.74) is 2.65. The quantitative estimate of drug-likeness (QED) is 0.447. The van der Waals surface area contributed by atoms with E-state index < -0.39 is 21.2 Å². The van der Waals surface area contributed by atoms with Gasteiger partial charge in [0.1, 0.15) is 16.4 Å². The summed E-state index contributed by atoms with van der Waals surface area (Å²) in [4.78, 5) is 26.0. The summed E-state index contributed by atoms with van der Waals surface area (Å²) in [6, 6.07) is 13.4. The first-order chi connectivity index (χ1) is 19.7. The number of rotatable bonds is 6. The van der Waals surface area contributed by atoms with Gasteiger partial charge >= 0.3 is 0 Å². The summed E-state index contributed by atoms with van der Waals surface area (Å²) in [6.45, 7) is 0.943. The van der Waals surface area contributed by atoms with Crippen LogP contribution in [0.25, 0.3) is 21.1 Å². The summed E-state index contributed by atoms with van der Waals surface area (Å²) in [5, 5.41) is 13.3. The van der Waals surface area contributed by atoms with Crippen molar-refractivity contribution in [1.29, 1.82) is 5.26 Å². The summed E-state index contributed by atoms with van der Waals surface area (Å²) in [5.74, 6) is 0.596. The third-order valence-corrected chi connectivity index (χ3v) is 11.9. The highest BCUT2D eigenvalue weighted by atomic mass is 32.2. The summed E-state index contributed by atoms with van der Waals surface area (Å²) in [7, 11) is -2.97. The molecule has 1 amide bonds. The number of amides is 1. The smallest absolute Gasteiger partial charge is 0.225 e. The Bertz CT molecular complexity index is 1630. The summed E-state index contributed by atoms with van der Waals surface area (Å²) < 4.78 is 37.4. The molecule has 3 heterocycles. The predicted molar refractivity (Wildman–Crippen MR) is 154 cm³/mol. The Kier molecular flexibility index (Phi) is 6.39. The van der Waals surface area contributed by atoms with Crippen LogP contribution in [0.4, 0.5) is 10.1 Å². The highest BCUT2D eigenvalue weighted by Crippen LogP contribution is 2.58. The van der Waals surface area contributed by atoms with Crippen molar-refractivity contribution in [2.45, 2.75) is 43.6 Å². The fraction of sp³-hybridized carbons (Fsp3) is 0.467. The predicted octanol–water partition coefficient (Wildman–Crippen LogP) is 4.55. The second-order valence-corrected chi connectivity index (χ2v) is 15.2. The van der Waals surface area contributed by atoms with Gasteiger partial charge in [0, 0.05) is 30.6 Å². The van der Waals surface area contributed by atoms with Crippen molar-refractivity contribution in [3.8, 4) is 27.2 Å². The van der Waals surface area contributed by atoms with Crippen molar-refractivity contribution in [2.75, 3.05) is 29.5 Å². The van der Waals surface area contributed by atoms with E-state index in [0.717, 1.165) is 41.1 Å². The maximum Gasteiger partial charge on any atom is 0.225 e. The zero-order valence-corrected chi connectivity index (χ0v) is 24.1. The molecule has 41 heavy (non-hydrogen) atoms. The van der Waals surface area contributed by atoms with Gasteiger partial charge in [-0.25, -0.2) is 17.8 Å². The minimum Gasteiger partial charge on any atom is -0.369 e. The molecule has 3 saturated carbocycles. The van der Waals surface area contributed by atoms with Gasteiger partial charge in [-0.15, -0.1) is 11.3 Å². The molecule has 4 unspecified atom stereocenters. The molecule has 4 fully saturated rings. The number of aromatic nitrogens is 2. The number of thiazole rings is 1. The number of hydrogen-bond donors (Lipinski definition) is 1. The van der Waals surface area contributed by atoms with Crippen LogP contribution in [0.5, 0.6) is 0 Å². The molecule has 1 N–H and O–H groups in total. The number of pyridine rings is 1. The molecule has 2 aromatic heterocycles. The molecular weight excluding hydrogens is 561 g/mol. The first-order valence-corrected chi connectivity index (χ1v) is 16.8. The summed E-state index contributed by atoms with van der Waals surface area (Å²) >= 11 is 1.49. The van der Waals surface area contributed by atoms with Gasteiger partial charge in [0.05, 0.1) is 40.0 Å². The van der Waals surface area contributed by atoms with Crippen molar-refractivity contribution < 1.29 is 17.6 Å². The number of nitriles is 1. The molecule has 0 bridgehead atoms. The van der Waals surface area contributed by atoms with Gasteiger partial charge in [0.2, 0.25) is 5.91 Å². The number of hydrogen-bond acceptors (Lipinski definition) is 8. The second-order valence-electron chi connectivity index (χ2n) is 11.9. The van der Waals surface area contributed by atoms with Gasteiger partial charge in [-0.1, -0.05) is 12.1 Å². The molecule has 4 atom stereocenters. The molecule has 11 heteroatoms. The van der Waals surface area contributed by atoms with E-state index in [2.05, 4.69) is 21.3 Å². The first kappa shape index (κ1) is 26.5. The Hall–Kier alpha value is -3.36. The number of fused-ring (bicyclic) bond motifs is 1. The molecule has 1 aliphatic heterocycles. The molecule has 0 spiro atoms. The van der Waals surface area contributed by atoms with Gasteiger partial charge < -0.3 is 10.2 Å². The molecule has 3 aliphatic carbocycles. The first-order valence-electron chi connectivity index (χ1n) is 14.1. The lowest BCUT2D eigenvalue weighted by Gasteiger charge is -2.31. The molecule has 3 aromatic rings. The number of anilines is 1. The second kappa shape index (κ2) is 9.88. The van der Waals surface area contributed by atoms with Crippen molar-refractivity contribution in [1.82, 2.24) is 15.3 Å². The number of carbonyl (C=O) groups excluding carboxylic acids is 1. The number of sulfone groups is 1. The van der Waals surface area contributed by atoms with Gasteiger partial charge in [-0.3, -0.25) is 9.78 Å². The lowest BCUT2D eigenvalue weighted by molar-refractivity contribution is -0.127. The van der Waals surface area contributed by atoms with Crippen LogP contribution in [0.3, 0.4) is 0 Å². The van der Waals surface area contributed by atoms with Gasteiger partial charge in [0.25, 0.3) is 0 Å². The van der Waals surface area contributed by atoms with E-state index in [1.54, 1.807) is 6.07 Å². The monoisotopic (exact) mass is 591 g/mol. The third-order valence-electron chi connectivity index (χ3n) is 9.12. The average Bonchev–Trinajstić information content (AvgIpc) is 3.88. The average molecular weight is 592 g/mol. The zero-order chi connectivity index (χ0) is 28.4. The fourth-order valence-corrected chi connectivity index (χ4v) is 8.69. The highest BCUT2D eigenvalue weighted by Gasteiger charge is 2.53. The molecule has 1 aromatic carbocycles. The lowest BCUT2D eigenvalue weighted by atomic mass is 9.76. The van der Waals surface area contributed by atoms with Crippen molar-refractivity contribution >= 4 is 32.8 Å². The van der Waals surface area contributed by atoms with E-state index >= 15 is 0 Å². The Balaban J connectivity index is 1.24. The number of carbonyl (C=O) groups is 1. The van der Waals surface area contributed by atoms with Gasteiger partial charge in [-0.05, 0) is 73.8 Å². The van der Waals surface area contributed by atoms with E-state index in [1.165, 1.54) is 23.6 Å². The molecule has 4 aliphatic rings. The van der Waals surface area contributed by atoms with Crippen LogP contribution in [-0.2, 0) is 14.6 Å². The Morgan fingerprint density at radius 1 is 1.07 bits per heavy atom. The molecule has 1 saturated heterocycles. The lowest BCUT2D eigenvalue weighted by Crippen LogP contribution is -2.43. The zero-order valence-electron chi connectivity index (χ0n) is 22.4. The largest absolute Gasteiger partial charge is 0.369 e. The molecule has 7 rings (SSSR count). The molecule has 8 nitrogen and oxygen atoms in total. The maximum atomic E-state index is 13.6. The Labute approximate surface area is 242 Å². The van der Waals surface area contributed by atoms with E-state index in [1.807, 2.05) is 24.3 Å². The normalized spacial score (nSPS) is 27.4. The van der Waals surface area contributed by atoms with Crippen molar-refractivity contribution in [3.05, 3.63) is 54.1 Å². The molecule has 0 radical (unpaired) electrons. The van der Waals surface area contributed by atoms with Crippen molar-refractivity contribution in [2.24, 2.45) is 17.8 Å². The van der Waals surface area contributed by atoms with Crippen LogP contribution in [0, 0.1) is 34.9 Å². The highest BCUT2D eigenvalue weighted by molar-refractivity contribution is 7.91. The SMILES string of the molecule is N#CC1(NC(=O)C2CC3CC3CC2c2nc(-c3ccc(F)cn3)sc2-c2ccc(N3CCS(=O)(=O)CC3)cc2)CC1. The maximum absolute atomic E-state index is 13.6. The van der Waals surface area contributed by atoms with Crippen LogP contribution >= 0.6 is 11.3 Å². The summed E-state index contributed by atoms with van der Waals surface area (Å²) in [6.07, 6.45) is 5.35. The number of benzene rings is 1. The van der Waals surface area contributed by atoms with Gasteiger partial charge in [-0.2, -0.15) is 5.26 Å². The topological polar surface area (TPSA) is 116 Å². The standard InChI is InChI=1S/C30H30FN5O3S2/c31-21-3-6-25(33-16-21)29-34-26(23-14-19-13-20(19)15-24(23)28(37)35-30(17-32)7-8-30)27(40-29)18-1-4-22(5-2-18)36-9-11-41(38,39)12-10-36/h1-6,16,19-20,23-24H,7-15H2,(H,35,37). The van der Waals surface area contributed by atoms with Crippen LogP contribution in [0.1, 0.15) is 43.7 Å². The van der Waals surface area contributed by atoms with E-state index in [9.17, 15) is 22.9 Å². The minimum atomic E-state index is -2.97. The van der Waals surface area contributed by atoms with E-state index in [-0.39, 0.29) is 29.2 Å². The number of nitrogens with zero attached hydrogens (tertiary/aromatic N) is 4. The Morgan fingerprint density at radius 2 is 1.80 bits per heavy atom. The minimum absolute atomic E-state index is 0.0600. The van der Waals surface area contributed by atoms with Gasteiger partial charge in [0.15, 0.2) is 9.84 Å². The van der Waals surface area contributed by atoms with E-state index in [4.69, 9.17) is 4.98 Å². The molecular formula is C30H30FN5O3S2. The number of nitrogens with one attached hydrogen (secondary N) is 1. The Morgan fingerprint density at radius 3 is 2.46 bits per heavy atom.